The zero-order valence-electron chi connectivity index (χ0n) is 20.4. The first kappa shape index (κ1) is 22.5. The molecule has 1 aromatic carbocycles. The van der Waals surface area contributed by atoms with Gasteiger partial charge in [0, 0.05) is 30.5 Å². The van der Waals surface area contributed by atoms with Gasteiger partial charge in [-0.15, -0.1) is 0 Å². The zero-order valence-corrected chi connectivity index (χ0v) is 20.4. The molecule has 0 aliphatic carbocycles. The van der Waals surface area contributed by atoms with Crippen LogP contribution in [0.25, 0.3) is 28.0 Å². The van der Waals surface area contributed by atoms with Gasteiger partial charge in [0.2, 0.25) is 0 Å². The van der Waals surface area contributed by atoms with E-state index in [1.807, 2.05) is 48.8 Å². The number of fused-ring (bicyclic) bond motifs is 1. The van der Waals surface area contributed by atoms with Crippen LogP contribution < -0.4 is 5.73 Å². The lowest BCUT2D eigenvalue weighted by atomic mass is 9.90. The first-order chi connectivity index (χ1) is 17.4. The van der Waals surface area contributed by atoms with Gasteiger partial charge in [0.05, 0.1) is 29.5 Å². The largest absolute Gasteiger partial charge is 0.448 e. The van der Waals surface area contributed by atoms with Crippen LogP contribution in [0, 0.1) is 0 Å². The lowest BCUT2D eigenvalue weighted by Crippen LogP contribution is -2.42. The molecule has 36 heavy (non-hydrogen) atoms. The first-order valence-corrected chi connectivity index (χ1v) is 12.2. The fraction of sp³-hybridized carbons (Fsp3) is 0.385. The summed E-state index contributed by atoms with van der Waals surface area (Å²) in [6, 6.07) is 12.6. The summed E-state index contributed by atoms with van der Waals surface area (Å²) in [5.74, 6) is 0.405. The van der Waals surface area contributed by atoms with Gasteiger partial charge in [-0.3, -0.25) is 9.58 Å². The molecular formula is C26H29N7O3. The third-order valence-corrected chi connectivity index (χ3v) is 7.37. The Balaban J connectivity index is 1.48. The van der Waals surface area contributed by atoms with Gasteiger partial charge in [0.15, 0.2) is 5.82 Å². The van der Waals surface area contributed by atoms with Crippen molar-refractivity contribution in [1.82, 2.24) is 29.3 Å². The topological polar surface area (TPSA) is 113 Å². The van der Waals surface area contributed by atoms with E-state index in [0.29, 0.717) is 19.0 Å². The summed E-state index contributed by atoms with van der Waals surface area (Å²) in [5, 5.41) is 9.22. The lowest BCUT2D eigenvalue weighted by Gasteiger charge is -2.34. The van der Waals surface area contributed by atoms with Gasteiger partial charge in [-0.25, -0.2) is 14.3 Å². The summed E-state index contributed by atoms with van der Waals surface area (Å²) in [5.41, 5.74) is 11.4. The summed E-state index contributed by atoms with van der Waals surface area (Å²) in [7, 11) is 0. The van der Waals surface area contributed by atoms with Crippen molar-refractivity contribution in [2.75, 3.05) is 32.1 Å². The number of nitrogens with two attached hydrogens (primary N) is 1. The van der Waals surface area contributed by atoms with Gasteiger partial charge in [-0.2, -0.15) is 10.2 Å². The maximum Gasteiger partial charge on any atom is 0.410 e. The van der Waals surface area contributed by atoms with Gasteiger partial charge >= 0.3 is 6.09 Å². The maximum atomic E-state index is 12.3. The molecule has 2 saturated heterocycles. The summed E-state index contributed by atoms with van der Waals surface area (Å²) >= 11 is 0. The number of cyclic esters (lactones) is 1. The van der Waals surface area contributed by atoms with Crippen LogP contribution >= 0.6 is 0 Å². The number of nitrogens with zero attached hydrogens (tertiary/aromatic N) is 6. The molecule has 2 aliphatic heterocycles. The normalized spacial score (nSPS) is 17.2. The number of anilines is 1. The number of amides is 1. The van der Waals surface area contributed by atoms with E-state index >= 15 is 0 Å². The monoisotopic (exact) mass is 487 g/mol. The number of ether oxygens (including phenoxy) is 2. The van der Waals surface area contributed by atoms with Crippen LogP contribution in [-0.2, 0) is 15.0 Å². The Morgan fingerprint density at radius 1 is 1.06 bits per heavy atom. The van der Waals surface area contributed by atoms with Gasteiger partial charge in [-0.05, 0) is 50.5 Å². The third kappa shape index (κ3) is 3.60. The van der Waals surface area contributed by atoms with Gasteiger partial charge in [0.1, 0.15) is 18.5 Å². The Bertz CT molecular complexity index is 1430. The molecule has 6 rings (SSSR count). The van der Waals surface area contributed by atoms with Crippen LogP contribution in [0.2, 0.25) is 0 Å². The Kier molecular flexibility index (Phi) is 5.40. The molecule has 10 nitrogen and oxygen atoms in total. The molecular weight excluding hydrogens is 458 g/mol. The number of benzene rings is 1. The highest BCUT2D eigenvalue weighted by Gasteiger charge is 2.37. The van der Waals surface area contributed by atoms with E-state index in [2.05, 4.69) is 32.0 Å². The predicted octanol–water partition coefficient (Wildman–Crippen LogP) is 3.88. The fourth-order valence-corrected chi connectivity index (χ4v) is 5.33. The highest BCUT2D eigenvalue weighted by Crippen LogP contribution is 2.38. The molecule has 2 fully saturated rings. The van der Waals surface area contributed by atoms with Crippen molar-refractivity contribution < 1.29 is 14.3 Å². The van der Waals surface area contributed by atoms with E-state index in [1.54, 1.807) is 4.90 Å². The number of rotatable bonds is 5. The molecule has 2 N–H and O–H groups in total. The number of aromatic nitrogens is 5. The minimum absolute atomic E-state index is 0.261. The zero-order chi connectivity index (χ0) is 24.9. The van der Waals surface area contributed by atoms with Crippen LogP contribution in [0.5, 0.6) is 0 Å². The van der Waals surface area contributed by atoms with E-state index in [1.165, 1.54) is 6.33 Å². The standard InChI is InChI=1S/C26H29N7O3/c1-26(2,31-10-13-36-25(31)34)18-5-3-4-17(14-18)22-15-20(23-24(27)28-16-30-33(22)23)21-6-9-29-32(21)19-7-11-35-12-8-19/h3-6,9,14-16,19H,7-8,10-13H2,1-2H3,(H2,27,28,30). The van der Waals surface area contributed by atoms with Crippen LogP contribution in [0.4, 0.5) is 10.6 Å². The van der Waals surface area contributed by atoms with Crippen LogP contribution in [0.1, 0.15) is 38.3 Å². The highest BCUT2D eigenvalue weighted by molar-refractivity contribution is 5.91. The molecule has 0 saturated carbocycles. The van der Waals surface area contributed by atoms with Crippen molar-refractivity contribution in [2.45, 2.75) is 38.3 Å². The Morgan fingerprint density at radius 2 is 1.89 bits per heavy atom. The molecule has 3 aromatic heterocycles. The van der Waals surface area contributed by atoms with Crippen LogP contribution in [0.3, 0.4) is 0 Å². The summed E-state index contributed by atoms with van der Waals surface area (Å²) in [6.45, 7) is 6.49. The SMILES string of the molecule is CC(C)(c1cccc(-c2cc(-c3ccnn3C3CCOCC3)c3c(N)ncnn23)c1)N1CCOC1=O. The fourth-order valence-electron chi connectivity index (χ4n) is 5.33. The lowest BCUT2D eigenvalue weighted by molar-refractivity contribution is 0.0667. The van der Waals surface area contributed by atoms with Crippen molar-refractivity contribution in [3.8, 4) is 22.5 Å². The van der Waals surface area contributed by atoms with Gasteiger partial charge in [-0.1, -0.05) is 18.2 Å². The van der Waals surface area contributed by atoms with E-state index in [4.69, 9.17) is 15.2 Å². The smallest absolute Gasteiger partial charge is 0.410 e. The molecule has 0 spiro atoms. The molecule has 0 radical (unpaired) electrons. The van der Waals surface area contributed by atoms with Gasteiger partial charge in [0.25, 0.3) is 0 Å². The summed E-state index contributed by atoms with van der Waals surface area (Å²) in [4.78, 5) is 18.4. The molecule has 2 aliphatic rings. The van der Waals surface area contributed by atoms with Crippen LogP contribution in [0.15, 0.2) is 48.9 Å². The molecule has 0 unspecified atom stereocenters. The average Bonchev–Trinajstić information content (AvgIpc) is 3.63. The maximum absolute atomic E-state index is 12.3. The molecule has 10 heteroatoms. The van der Waals surface area contributed by atoms with Crippen molar-refractivity contribution in [1.29, 1.82) is 0 Å². The second-order valence-corrected chi connectivity index (χ2v) is 9.76. The Morgan fingerprint density at radius 3 is 2.67 bits per heavy atom. The molecule has 4 aromatic rings. The van der Waals surface area contributed by atoms with Crippen molar-refractivity contribution in [2.24, 2.45) is 0 Å². The summed E-state index contributed by atoms with van der Waals surface area (Å²) in [6.07, 6.45) is 4.83. The van der Waals surface area contributed by atoms with E-state index in [9.17, 15) is 4.79 Å². The highest BCUT2D eigenvalue weighted by atomic mass is 16.6. The minimum Gasteiger partial charge on any atom is -0.448 e. The van der Waals surface area contributed by atoms with Crippen molar-refractivity contribution in [3.05, 3.63) is 54.5 Å². The third-order valence-electron chi connectivity index (χ3n) is 7.37. The Labute approximate surface area is 208 Å². The quantitative estimate of drug-likeness (QED) is 0.454. The Hall–Kier alpha value is -3.92. The number of hydrogen-bond acceptors (Lipinski definition) is 7. The second kappa shape index (κ2) is 8.63. The van der Waals surface area contributed by atoms with Crippen molar-refractivity contribution >= 4 is 17.4 Å². The van der Waals surface area contributed by atoms with E-state index in [0.717, 1.165) is 59.7 Å². The number of hydrogen-bond donors (Lipinski definition) is 1. The molecule has 5 heterocycles. The molecule has 0 bridgehead atoms. The predicted molar refractivity (Wildman–Crippen MR) is 134 cm³/mol. The minimum atomic E-state index is -0.533. The van der Waals surface area contributed by atoms with Gasteiger partial charge < -0.3 is 15.2 Å². The summed E-state index contributed by atoms with van der Waals surface area (Å²) < 4.78 is 14.7. The molecule has 1 amide bonds. The molecule has 0 atom stereocenters. The number of carbonyl (C=O) groups is 1. The molecule has 186 valence electrons. The van der Waals surface area contributed by atoms with Crippen LogP contribution in [-0.4, -0.2) is 61.7 Å². The van der Waals surface area contributed by atoms with E-state index < -0.39 is 5.54 Å². The number of carbonyl (C=O) groups excluding carboxylic acids is 1. The average molecular weight is 488 g/mol. The first-order valence-electron chi connectivity index (χ1n) is 12.2. The second-order valence-electron chi connectivity index (χ2n) is 9.76. The number of nitrogen functional groups attached to an aromatic ring is 1. The van der Waals surface area contributed by atoms with E-state index in [-0.39, 0.29) is 12.1 Å². The van der Waals surface area contributed by atoms with Crippen molar-refractivity contribution in [3.63, 3.8) is 0 Å².